The Morgan fingerprint density at radius 2 is 1.83 bits per heavy atom. The molecule has 18 heavy (non-hydrogen) atoms. The fourth-order valence-electron chi connectivity index (χ4n) is 3.37. The molecule has 2 heteroatoms. The van der Waals surface area contributed by atoms with Crippen molar-refractivity contribution in [3.63, 3.8) is 0 Å². The van der Waals surface area contributed by atoms with Crippen LogP contribution in [0.1, 0.15) is 57.2 Å². The molecule has 1 aliphatic rings. The zero-order valence-electron chi connectivity index (χ0n) is 12.0. The van der Waals surface area contributed by atoms with E-state index in [0.717, 1.165) is 5.56 Å². The zero-order chi connectivity index (χ0) is 13.3. The SMILES string of the molecule is Cc1ccc(O)c(C(C)N2[C@H](C)CCC[C@@H]2C)c1. The van der Waals surface area contributed by atoms with Crippen LogP contribution in [-0.4, -0.2) is 22.1 Å². The van der Waals surface area contributed by atoms with E-state index in [-0.39, 0.29) is 6.04 Å². The van der Waals surface area contributed by atoms with Gasteiger partial charge in [0.05, 0.1) is 0 Å². The summed E-state index contributed by atoms with van der Waals surface area (Å²) in [5, 5.41) is 10.1. The molecule has 100 valence electrons. The largest absolute Gasteiger partial charge is 0.508 e. The monoisotopic (exact) mass is 247 g/mol. The summed E-state index contributed by atoms with van der Waals surface area (Å²) in [5.74, 6) is 0.429. The summed E-state index contributed by atoms with van der Waals surface area (Å²) in [7, 11) is 0. The van der Waals surface area contributed by atoms with E-state index in [9.17, 15) is 5.11 Å². The van der Waals surface area contributed by atoms with Crippen LogP contribution < -0.4 is 0 Å². The van der Waals surface area contributed by atoms with Gasteiger partial charge in [-0.05, 0) is 46.6 Å². The standard InChI is InChI=1S/C16H25NO/c1-11-8-9-16(18)15(10-11)14(4)17-12(2)6-5-7-13(17)3/h8-10,12-14,18H,5-7H2,1-4H3/t12-,13+,14?. The van der Waals surface area contributed by atoms with Crippen molar-refractivity contribution >= 4 is 0 Å². The molecule has 0 bridgehead atoms. The lowest BCUT2D eigenvalue weighted by atomic mass is 9.92. The normalized spacial score (nSPS) is 27.1. The van der Waals surface area contributed by atoms with Crippen molar-refractivity contribution in [2.45, 2.75) is 65.1 Å². The Hall–Kier alpha value is -1.02. The molecule has 3 atom stereocenters. The molecule has 1 heterocycles. The van der Waals surface area contributed by atoms with E-state index < -0.39 is 0 Å². The molecular formula is C16H25NO. The first-order chi connectivity index (χ1) is 8.50. The third-order valence-corrected chi connectivity index (χ3v) is 4.34. The quantitative estimate of drug-likeness (QED) is 0.853. The van der Waals surface area contributed by atoms with Crippen LogP contribution in [0.2, 0.25) is 0 Å². The van der Waals surface area contributed by atoms with E-state index in [1.807, 2.05) is 12.1 Å². The number of nitrogens with zero attached hydrogens (tertiary/aromatic N) is 1. The molecule has 0 aromatic heterocycles. The number of aromatic hydroxyl groups is 1. The average molecular weight is 247 g/mol. The van der Waals surface area contributed by atoms with Crippen LogP contribution in [0.4, 0.5) is 0 Å². The lowest BCUT2D eigenvalue weighted by Crippen LogP contribution is -2.45. The summed E-state index contributed by atoms with van der Waals surface area (Å²) in [5.41, 5.74) is 2.28. The maximum atomic E-state index is 10.1. The lowest BCUT2D eigenvalue weighted by Gasteiger charge is -2.43. The van der Waals surface area contributed by atoms with Crippen molar-refractivity contribution in [3.8, 4) is 5.75 Å². The van der Waals surface area contributed by atoms with Crippen molar-refractivity contribution in [2.75, 3.05) is 0 Å². The molecular weight excluding hydrogens is 222 g/mol. The molecule has 0 saturated carbocycles. The molecule has 0 spiro atoms. The van der Waals surface area contributed by atoms with E-state index in [1.54, 1.807) is 0 Å². The van der Waals surface area contributed by atoms with Gasteiger partial charge in [0.25, 0.3) is 0 Å². The number of phenols is 1. The number of likely N-dealkylation sites (tertiary alicyclic amines) is 1. The average Bonchev–Trinajstić information content (AvgIpc) is 2.32. The summed E-state index contributed by atoms with van der Waals surface area (Å²) < 4.78 is 0. The highest BCUT2D eigenvalue weighted by Crippen LogP contribution is 2.35. The third-order valence-electron chi connectivity index (χ3n) is 4.34. The van der Waals surface area contributed by atoms with Gasteiger partial charge in [-0.25, -0.2) is 0 Å². The van der Waals surface area contributed by atoms with Crippen molar-refractivity contribution in [2.24, 2.45) is 0 Å². The molecule has 1 aromatic carbocycles. The van der Waals surface area contributed by atoms with Gasteiger partial charge in [-0.15, -0.1) is 0 Å². The summed E-state index contributed by atoms with van der Waals surface area (Å²) in [4.78, 5) is 2.55. The van der Waals surface area contributed by atoms with E-state index >= 15 is 0 Å². The van der Waals surface area contributed by atoms with Gasteiger partial charge in [-0.2, -0.15) is 0 Å². The number of hydrogen-bond acceptors (Lipinski definition) is 2. The smallest absolute Gasteiger partial charge is 0.120 e. The Labute approximate surface area is 111 Å². The first-order valence-corrected chi connectivity index (χ1v) is 7.07. The summed E-state index contributed by atoms with van der Waals surface area (Å²) in [6.45, 7) is 8.91. The molecule has 1 unspecified atom stereocenters. The molecule has 0 radical (unpaired) electrons. The Bertz CT molecular complexity index is 406. The maximum absolute atomic E-state index is 10.1. The summed E-state index contributed by atoms with van der Waals surface area (Å²) in [6, 6.07) is 7.39. The minimum absolute atomic E-state index is 0.287. The van der Waals surface area contributed by atoms with Crippen molar-refractivity contribution < 1.29 is 5.11 Å². The van der Waals surface area contributed by atoms with Gasteiger partial charge in [0.2, 0.25) is 0 Å². The van der Waals surface area contributed by atoms with Crippen molar-refractivity contribution in [3.05, 3.63) is 29.3 Å². The molecule has 1 fully saturated rings. The molecule has 2 nitrogen and oxygen atoms in total. The van der Waals surface area contributed by atoms with Crippen molar-refractivity contribution in [1.82, 2.24) is 4.90 Å². The summed E-state index contributed by atoms with van der Waals surface area (Å²) >= 11 is 0. The van der Waals surface area contributed by atoms with Gasteiger partial charge in [-0.3, -0.25) is 4.90 Å². The third kappa shape index (κ3) is 2.54. The maximum Gasteiger partial charge on any atom is 0.120 e. The van der Waals surface area contributed by atoms with Gasteiger partial charge in [0.15, 0.2) is 0 Å². The molecule has 1 saturated heterocycles. The highest BCUT2D eigenvalue weighted by Gasteiger charge is 2.30. The second-order valence-electron chi connectivity index (χ2n) is 5.81. The van der Waals surface area contributed by atoms with Gasteiger partial charge >= 0.3 is 0 Å². The number of piperidine rings is 1. The Kier molecular flexibility index (Phi) is 3.96. The molecule has 1 N–H and O–H groups in total. The predicted molar refractivity (Wildman–Crippen MR) is 75.9 cm³/mol. The second-order valence-corrected chi connectivity index (χ2v) is 5.81. The first-order valence-electron chi connectivity index (χ1n) is 7.07. The number of phenolic OH excluding ortho intramolecular Hbond substituents is 1. The highest BCUT2D eigenvalue weighted by atomic mass is 16.3. The highest BCUT2D eigenvalue weighted by molar-refractivity contribution is 5.38. The van der Waals surface area contributed by atoms with E-state index in [0.29, 0.717) is 17.8 Å². The van der Waals surface area contributed by atoms with E-state index in [4.69, 9.17) is 0 Å². The molecule has 1 aliphatic heterocycles. The lowest BCUT2D eigenvalue weighted by molar-refractivity contribution is 0.0612. The molecule has 1 aromatic rings. The Balaban J connectivity index is 2.28. The first kappa shape index (κ1) is 13.4. The fraction of sp³-hybridized carbons (Fsp3) is 0.625. The van der Waals surface area contributed by atoms with Crippen LogP contribution >= 0.6 is 0 Å². The van der Waals surface area contributed by atoms with Crippen LogP contribution in [-0.2, 0) is 0 Å². The summed E-state index contributed by atoms with van der Waals surface area (Å²) in [6.07, 6.45) is 3.86. The Morgan fingerprint density at radius 3 is 2.44 bits per heavy atom. The predicted octanol–water partition coefficient (Wildman–Crippen LogP) is 4.02. The Morgan fingerprint density at radius 1 is 1.22 bits per heavy atom. The minimum atomic E-state index is 0.287. The topological polar surface area (TPSA) is 23.5 Å². The number of benzene rings is 1. The zero-order valence-corrected chi connectivity index (χ0v) is 12.0. The number of rotatable bonds is 2. The van der Waals surface area contributed by atoms with Gasteiger partial charge in [0.1, 0.15) is 5.75 Å². The van der Waals surface area contributed by atoms with Crippen molar-refractivity contribution in [1.29, 1.82) is 0 Å². The number of aryl methyl sites for hydroxylation is 1. The fourth-order valence-corrected chi connectivity index (χ4v) is 3.37. The molecule has 0 amide bonds. The minimum Gasteiger partial charge on any atom is -0.508 e. The van der Waals surface area contributed by atoms with Crippen LogP contribution in [0.3, 0.4) is 0 Å². The van der Waals surface area contributed by atoms with Crippen LogP contribution in [0.5, 0.6) is 5.75 Å². The molecule has 0 aliphatic carbocycles. The van der Waals surface area contributed by atoms with E-state index in [1.165, 1.54) is 24.8 Å². The van der Waals surface area contributed by atoms with Crippen LogP contribution in [0.15, 0.2) is 18.2 Å². The van der Waals surface area contributed by atoms with Crippen LogP contribution in [0.25, 0.3) is 0 Å². The van der Waals surface area contributed by atoms with E-state index in [2.05, 4.69) is 38.7 Å². The second kappa shape index (κ2) is 5.31. The molecule has 2 rings (SSSR count). The van der Waals surface area contributed by atoms with Gasteiger partial charge in [0, 0.05) is 23.7 Å². The van der Waals surface area contributed by atoms with Gasteiger partial charge < -0.3 is 5.11 Å². The number of hydrogen-bond donors (Lipinski definition) is 1. The van der Waals surface area contributed by atoms with Gasteiger partial charge in [-0.1, -0.05) is 24.1 Å². The van der Waals surface area contributed by atoms with Crippen LogP contribution in [0, 0.1) is 6.92 Å².